The number of alkyl halides is 1. The molecular formula is C16H19ClFN4O3P. The van der Waals surface area contributed by atoms with Crippen LogP contribution in [0.4, 0.5) is 14.9 Å². The minimum absolute atomic E-state index is 0.0121. The number of nitrogens with zero attached hydrogens (tertiary/aromatic N) is 2. The smallest absolute Gasteiger partial charge is 0.352 e. The van der Waals surface area contributed by atoms with Crippen LogP contribution in [0.5, 0.6) is 11.5 Å². The Morgan fingerprint density at radius 3 is 2.65 bits per heavy atom. The maximum absolute atomic E-state index is 14.0. The number of hydrogen-bond donors (Lipinski definition) is 3. The van der Waals surface area contributed by atoms with Crippen molar-refractivity contribution in [3.8, 4) is 11.5 Å². The number of nitrogens with two attached hydrogens (primary N) is 2. The van der Waals surface area contributed by atoms with E-state index in [9.17, 15) is 14.3 Å². The molecule has 0 heterocycles. The second kappa shape index (κ2) is 8.51. The number of urea groups is 1. The van der Waals surface area contributed by atoms with Gasteiger partial charge >= 0.3 is 6.03 Å². The summed E-state index contributed by atoms with van der Waals surface area (Å²) in [6.07, 6.45) is 0. The minimum atomic E-state index is -1.40. The average Bonchev–Trinajstić information content (AvgIpc) is 2.59. The van der Waals surface area contributed by atoms with Crippen molar-refractivity contribution in [2.45, 2.75) is 12.5 Å². The fraction of sp³-hybridized carbons (Fsp3) is 0.188. The number of phenols is 1. The van der Waals surface area contributed by atoms with Gasteiger partial charge in [0.2, 0.25) is 0 Å². The van der Waals surface area contributed by atoms with Crippen molar-refractivity contribution >= 4 is 32.6 Å². The van der Waals surface area contributed by atoms with Crippen molar-refractivity contribution < 1.29 is 19.0 Å². The maximum Gasteiger partial charge on any atom is 0.352 e. The van der Waals surface area contributed by atoms with Crippen molar-refractivity contribution in [1.82, 2.24) is 5.01 Å². The van der Waals surface area contributed by atoms with Gasteiger partial charge in [-0.25, -0.2) is 25.9 Å². The van der Waals surface area contributed by atoms with Gasteiger partial charge in [0.05, 0.1) is 10.7 Å². The predicted octanol–water partition coefficient (Wildman–Crippen LogP) is 3.07. The number of carbonyl (C=O) groups excluding carboxylic acids is 1. The molecule has 140 valence electrons. The normalized spacial score (nSPS) is 11.8. The Kier molecular flexibility index (Phi) is 6.61. The molecule has 2 rings (SSSR count). The zero-order valence-corrected chi connectivity index (χ0v) is 15.8. The van der Waals surface area contributed by atoms with Crippen molar-refractivity contribution in [2.75, 3.05) is 12.1 Å². The highest BCUT2D eigenvalue weighted by molar-refractivity contribution is 7.16. The third-order valence-electron chi connectivity index (χ3n) is 3.54. The molecule has 2 aromatic rings. The molecule has 5 N–H and O–H groups in total. The molecule has 7 nitrogen and oxygen atoms in total. The number of hydrazine groups is 2. The molecule has 0 aliphatic heterocycles. The van der Waals surface area contributed by atoms with Gasteiger partial charge in [-0.15, -0.1) is 0 Å². The van der Waals surface area contributed by atoms with Gasteiger partial charge in [0.15, 0.2) is 0 Å². The topological polar surface area (TPSA) is 105 Å². The molecule has 0 bridgehead atoms. The Labute approximate surface area is 157 Å². The van der Waals surface area contributed by atoms with E-state index >= 15 is 0 Å². The molecule has 2 aromatic carbocycles. The fourth-order valence-corrected chi connectivity index (χ4v) is 2.80. The van der Waals surface area contributed by atoms with Crippen molar-refractivity contribution in [2.24, 2.45) is 11.7 Å². The summed E-state index contributed by atoms with van der Waals surface area (Å²) >= 11 is 6.02. The molecule has 2 unspecified atom stereocenters. The summed E-state index contributed by atoms with van der Waals surface area (Å²) < 4.78 is 19.7. The monoisotopic (exact) mass is 400 g/mol. The Hall–Kier alpha value is -2.12. The van der Waals surface area contributed by atoms with Crippen LogP contribution in [0.3, 0.4) is 0 Å². The van der Waals surface area contributed by atoms with E-state index in [2.05, 4.69) is 0 Å². The van der Waals surface area contributed by atoms with Gasteiger partial charge in [0.25, 0.3) is 0 Å². The van der Waals surface area contributed by atoms with Crippen LogP contribution >= 0.6 is 20.8 Å². The Bertz CT molecular complexity index is 807. The maximum atomic E-state index is 14.0. The molecule has 0 fully saturated rings. The van der Waals surface area contributed by atoms with E-state index in [1.54, 1.807) is 18.2 Å². The minimum Gasteiger partial charge on any atom is -0.508 e. The van der Waals surface area contributed by atoms with E-state index < -0.39 is 11.9 Å². The standard InChI is InChI=1S/C16H19ClFN4O3P/c1-21(19)16(24)22(20)13-4-2-3-10(15(18)26)11(13)8-25-14-6-5-9(23)7-12(14)17/h2-7,15,23H,8,19-20,26H2,1H3. The lowest BCUT2D eigenvalue weighted by Crippen LogP contribution is -2.49. The molecule has 0 saturated carbocycles. The van der Waals surface area contributed by atoms with Crippen LogP contribution in [0.1, 0.15) is 17.0 Å². The second-order valence-electron chi connectivity index (χ2n) is 5.41. The Morgan fingerprint density at radius 2 is 2.08 bits per heavy atom. The number of benzene rings is 2. The molecule has 0 aromatic heterocycles. The summed E-state index contributed by atoms with van der Waals surface area (Å²) in [7, 11) is 3.38. The highest BCUT2D eigenvalue weighted by atomic mass is 35.5. The molecule has 10 heteroatoms. The number of phenolic OH excluding ortho intramolecular Hbond substituents is 1. The molecule has 26 heavy (non-hydrogen) atoms. The van der Waals surface area contributed by atoms with Crippen LogP contribution in [-0.4, -0.2) is 23.2 Å². The van der Waals surface area contributed by atoms with Crippen LogP contribution in [0.15, 0.2) is 36.4 Å². The summed E-state index contributed by atoms with van der Waals surface area (Å²) in [5, 5.41) is 11.2. The first-order valence-electron chi connectivity index (χ1n) is 7.42. The number of hydrogen-bond acceptors (Lipinski definition) is 5. The molecule has 0 spiro atoms. The molecule has 0 radical (unpaired) electrons. The second-order valence-corrected chi connectivity index (χ2v) is 6.41. The summed E-state index contributed by atoms with van der Waals surface area (Å²) in [6.45, 7) is -0.111. The van der Waals surface area contributed by atoms with Gasteiger partial charge in [-0.1, -0.05) is 33.0 Å². The van der Waals surface area contributed by atoms with E-state index in [1.807, 2.05) is 9.24 Å². The van der Waals surface area contributed by atoms with E-state index in [0.29, 0.717) is 5.56 Å². The van der Waals surface area contributed by atoms with Gasteiger partial charge < -0.3 is 9.84 Å². The number of rotatable bonds is 5. The van der Waals surface area contributed by atoms with E-state index in [-0.39, 0.29) is 34.4 Å². The number of halogens is 2. The fourth-order valence-electron chi connectivity index (χ4n) is 2.26. The van der Waals surface area contributed by atoms with Crippen LogP contribution in [-0.2, 0) is 6.61 Å². The van der Waals surface area contributed by atoms with Gasteiger partial charge in [-0.2, -0.15) is 0 Å². The van der Waals surface area contributed by atoms with E-state index in [0.717, 1.165) is 10.0 Å². The number of carbonyl (C=O) groups is 1. The lowest BCUT2D eigenvalue weighted by atomic mass is 10.1. The van der Waals surface area contributed by atoms with Gasteiger partial charge in [0.1, 0.15) is 24.0 Å². The Morgan fingerprint density at radius 1 is 1.38 bits per heavy atom. The lowest BCUT2D eigenvalue weighted by Gasteiger charge is -2.25. The molecule has 2 amide bonds. The predicted molar refractivity (Wildman–Crippen MR) is 101 cm³/mol. The lowest BCUT2D eigenvalue weighted by molar-refractivity contribution is 0.216. The van der Waals surface area contributed by atoms with Crippen molar-refractivity contribution in [3.05, 3.63) is 52.5 Å². The van der Waals surface area contributed by atoms with Crippen LogP contribution in [0, 0.1) is 0 Å². The zero-order chi connectivity index (χ0) is 19.4. The van der Waals surface area contributed by atoms with E-state index in [4.69, 9.17) is 28.0 Å². The van der Waals surface area contributed by atoms with Crippen LogP contribution in [0.2, 0.25) is 5.02 Å². The molecular weight excluding hydrogens is 382 g/mol. The van der Waals surface area contributed by atoms with E-state index in [1.165, 1.54) is 25.2 Å². The first-order valence-corrected chi connectivity index (χ1v) is 8.46. The molecule has 0 saturated heterocycles. The van der Waals surface area contributed by atoms with Gasteiger partial charge in [-0.3, -0.25) is 5.01 Å². The quantitative estimate of drug-likeness (QED) is 0.309. The number of aromatic hydroxyl groups is 1. The molecule has 0 aliphatic carbocycles. The summed E-state index contributed by atoms with van der Waals surface area (Å²) in [4.78, 5) is 12.1. The average molecular weight is 401 g/mol. The molecule has 2 atom stereocenters. The van der Waals surface area contributed by atoms with Gasteiger partial charge in [0, 0.05) is 18.7 Å². The highest BCUT2D eigenvalue weighted by Gasteiger charge is 2.22. The van der Waals surface area contributed by atoms with Crippen LogP contribution < -0.4 is 21.4 Å². The van der Waals surface area contributed by atoms with Crippen LogP contribution in [0.25, 0.3) is 0 Å². The summed E-state index contributed by atoms with van der Waals surface area (Å²) in [6, 6.07) is 8.20. The SMILES string of the molecule is CN(N)C(=O)N(N)c1cccc(C(F)P)c1COc1ccc(O)cc1Cl. The highest BCUT2D eigenvalue weighted by Crippen LogP contribution is 2.35. The number of amides is 2. The Balaban J connectivity index is 2.39. The number of anilines is 1. The number of ether oxygens (including phenoxy) is 1. The largest absolute Gasteiger partial charge is 0.508 e. The zero-order valence-electron chi connectivity index (χ0n) is 13.9. The van der Waals surface area contributed by atoms with Crippen molar-refractivity contribution in [1.29, 1.82) is 0 Å². The summed E-state index contributed by atoms with van der Waals surface area (Å²) in [5.74, 6) is 10.2. The third kappa shape index (κ3) is 4.53. The third-order valence-corrected chi connectivity index (χ3v) is 4.19. The first-order chi connectivity index (χ1) is 12.2. The first kappa shape index (κ1) is 20.2. The molecule has 0 aliphatic rings. The summed E-state index contributed by atoms with van der Waals surface area (Å²) in [5.41, 5.74) is 0.881. The van der Waals surface area contributed by atoms with Gasteiger partial charge in [-0.05, 0) is 23.8 Å². The van der Waals surface area contributed by atoms with Crippen molar-refractivity contribution in [3.63, 3.8) is 0 Å².